The van der Waals surface area contributed by atoms with Gasteiger partial charge in [0.05, 0.1) is 22.4 Å². The molecule has 1 aliphatic rings. The summed E-state index contributed by atoms with van der Waals surface area (Å²) in [5, 5.41) is 9.50. The van der Waals surface area contributed by atoms with Gasteiger partial charge in [-0.15, -0.1) is 0 Å². The highest BCUT2D eigenvalue weighted by molar-refractivity contribution is 7.89. The van der Waals surface area contributed by atoms with Gasteiger partial charge in [0, 0.05) is 19.2 Å². The molecule has 0 radical (unpaired) electrons. The van der Waals surface area contributed by atoms with Gasteiger partial charge in [-0.25, -0.2) is 8.42 Å². The van der Waals surface area contributed by atoms with Crippen LogP contribution in [0.4, 0.5) is 0 Å². The summed E-state index contributed by atoms with van der Waals surface area (Å²) in [6, 6.07) is 4.17. The molecule has 8 heteroatoms. The standard InChI is InChI=1S/C13H16ClNO5S/c1-13(12(16)17)5-6-15(8-13)21(18,19)9-3-4-10(14)11(7-9)20-2/h3-4,7H,5-6,8H2,1-2H3,(H,16,17). The van der Waals surface area contributed by atoms with Gasteiger partial charge in [-0.1, -0.05) is 11.6 Å². The van der Waals surface area contributed by atoms with Crippen LogP contribution < -0.4 is 4.74 Å². The average Bonchev–Trinajstić information content (AvgIpc) is 2.84. The predicted molar refractivity (Wildman–Crippen MR) is 77.1 cm³/mol. The van der Waals surface area contributed by atoms with Crippen molar-refractivity contribution in [2.75, 3.05) is 20.2 Å². The maximum atomic E-state index is 12.6. The van der Waals surface area contributed by atoms with E-state index < -0.39 is 21.4 Å². The molecule has 1 heterocycles. The van der Waals surface area contributed by atoms with Crippen LogP contribution in [0.1, 0.15) is 13.3 Å². The van der Waals surface area contributed by atoms with Crippen LogP contribution in [0.3, 0.4) is 0 Å². The quantitative estimate of drug-likeness (QED) is 0.908. The Morgan fingerprint density at radius 1 is 1.48 bits per heavy atom. The lowest BCUT2D eigenvalue weighted by molar-refractivity contribution is -0.146. The Morgan fingerprint density at radius 2 is 2.14 bits per heavy atom. The first-order chi connectivity index (χ1) is 9.70. The van der Waals surface area contributed by atoms with Crippen LogP contribution >= 0.6 is 11.6 Å². The number of benzene rings is 1. The van der Waals surface area contributed by atoms with E-state index in [1.807, 2.05) is 0 Å². The fraction of sp³-hybridized carbons (Fsp3) is 0.462. The van der Waals surface area contributed by atoms with E-state index in [2.05, 4.69) is 0 Å². The van der Waals surface area contributed by atoms with E-state index in [1.54, 1.807) is 6.92 Å². The molecule has 0 saturated carbocycles. The monoisotopic (exact) mass is 333 g/mol. The van der Waals surface area contributed by atoms with Gasteiger partial charge in [0.25, 0.3) is 0 Å². The summed E-state index contributed by atoms with van der Waals surface area (Å²) in [5.74, 6) is -0.730. The molecule has 0 spiro atoms. The zero-order chi connectivity index (χ0) is 15.8. The largest absolute Gasteiger partial charge is 0.495 e. The Kier molecular flexibility index (Phi) is 4.19. The topological polar surface area (TPSA) is 83.9 Å². The Labute approximate surface area is 128 Å². The molecule has 1 saturated heterocycles. The lowest BCUT2D eigenvalue weighted by Gasteiger charge is -2.20. The van der Waals surface area contributed by atoms with Crippen molar-refractivity contribution in [2.24, 2.45) is 5.41 Å². The molecule has 1 fully saturated rings. The van der Waals surface area contributed by atoms with Crippen molar-refractivity contribution < 1.29 is 23.1 Å². The van der Waals surface area contributed by atoms with Crippen molar-refractivity contribution in [1.29, 1.82) is 0 Å². The molecule has 0 amide bonds. The summed E-state index contributed by atoms with van der Waals surface area (Å²) in [5.41, 5.74) is -1.05. The minimum absolute atomic E-state index is 0.0402. The Morgan fingerprint density at radius 3 is 2.67 bits per heavy atom. The van der Waals surface area contributed by atoms with Gasteiger partial charge in [0.2, 0.25) is 10.0 Å². The number of hydrogen-bond donors (Lipinski definition) is 1. The SMILES string of the molecule is COc1cc(S(=O)(=O)N2CCC(C)(C(=O)O)C2)ccc1Cl. The minimum atomic E-state index is -3.76. The Balaban J connectivity index is 2.34. The molecular weight excluding hydrogens is 318 g/mol. The number of nitrogens with zero attached hydrogens (tertiary/aromatic N) is 1. The number of carboxylic acid groups (broad SMARTS) is 1. The van der Waals surface area contributed by atoms with Crippen molar-refractivity contribution in [2.45, 2.75) is 18.2 Å². The molecule has 1 aliphatic heterocycles. The summed E-state index contributed by atoms with van der Waals surface area (Å²) < 4.78 is 31.3. The maximum Gasteiger partial charge on any atom is 0.310 e. The molecule has 1 aromatic carbocycles. The molecular formula is C13H16ClNO5S. The van der Waals surface area contributed by atoms with Gasteiger partial charge >= 0.3 is 5.97 Å². The highest BCUT2D eigenvalue weighted by atomic mass is 35.5. The first-order valence-electron chi connectivity index (χ1n) is 6.28. The molecule has 21 heavy (non-hydrogen) atoms. The lowest BCUT2D eigenvalue weighted by Crippen LogP contribution is -2.34. The molecule has 0 bridgehead atoms. The van der Waals surface area contributed by atoms with E-state index in [9.17, 15) is 18.3 Å². The fourth-order valence-corrected chi connectivity index (χ4v) is 4.02. The number of ether oxygens (including phenoxy) is 1. The maximum absolute atomic E-state index is 12.6. The molecule has 1 N–H and O–H groups in total. The third-order valence-corrected chi connectivity index (χ3v) is 5.87. The van der Waals surface area contributed by atoms with E-state index in [0.29, 0.717) is 5.02 Å². The van der Waals surface area contributed by atoms with Crippen LogP contribution in [-0.2, 0) is 14.8 Å². The van der Waals surface area contributed by atoms with Crippen LogP contribution in [0, 0.1) is 5.41 Å². The predicted octanol–water partition coefficient (Wildman–Crippen LogP) is 1.83. The van der Waals surface area contributed by atoms with Crippen molar-refractivity contribution >= 4 is 27.6 Å². The molecule has 116 valence electrons. The highest BCUT2D eigenvalue weighted by Crippen LogP contribution is 2.35. The number of rotatable bonds is 4. The second kappa shape index (κ2) is 5.47. The van der Waals surface area contributed by atoms with Crippen LogP contribution in [0.2, 0.25) is 5.02 Å². The zero-order valence-electron chi connectivity index (χ0n) is 11.7. The van der Waals surface area contributed by atoms with Crippen LogP contribution in [0.15, 0.2) is 23.1 Å². The van der Waals surface area contributed by atoms with E-state index >= 15 is 0 Å². The number of aliphatic carboxylic acids is 1. The number of carbonyl (C=O) groups is 1. The summed E-state index contributed by atoms with van der Waals surface area (Å²) in [4.78, 5) is 11.3. The fourth-order valence-electron chi connectivity index (χ4n) is 2.25. The van der Waals surface area contributed by atoms with Crippen LogP contribution in [-0.4, -0.2) is 44.0 Å². The summed E-state index contributed by atoms with van der Waals surface area (Å²) in [6.07, 6.45) is 0.284. The Bertz CT molecular complexity index is 675. The molecule has 0 aliphatic carbocycles. The number of carboxylic acids is 1. The third kappa shape index (κ3) is 2.86. The summed E-state index contributed by atoms with van der Waals surface area (Å²) in [7, 11) is -2.36. The number of hydrogen-bond acceptors (Lipinski definition) is 4. The third-order valence-electron chi connectivity index (χ3n) is 3.71. The van der Waals surface area contributed by atoms with E-state index in [1.165, 1.54) is 29.6 Å². The average molecular weight is 334 g/mol. The van der Waals surface area contributed by atoms with Gasteiger partial charge in [-0.3, -0.25) is 4.79 Å². The smallest absolute Gasteiger partial charge is 0.310 e. The number of sulfonamides is 1. The molecule has 6 nitrogen and oxygen atoms in total. The first-order valence-corrected chi connectivity index (χ1v) is 8.09. The normalized spacial score (nSPS) is 23.2. The number of methoxy groups -OCH3 is 1. The molecule has 1 atom stereocenters. The highest BCUT2D eigenvalue weighted by Gasteiger charge is 2.44. The van der Waals surface area contributed by atoms with Crippen molar-refractivity contribution in [3.05, 3.63) is 23.2 Å². The van der Waals surface area contributed by atoms with E-state index in [-0.39, 0.29) is 30.2 Å². The van der Waals surface area contributed by atoms with Crippen molar-refractivity contribution in [3.8, 4) is 5.75 Å². The molecule has 1 aromatic rings. The van der Waals surface area contributed by atoms with Gasteiger partial charge in [-0.2, -0.15) is 4.31 Å². The van der Waals surface area contributed by atoms with E-state index in [0.717, 1.165) is 0 Å². The molecule has 0 aromatic heterocycles. The van der Waals surface area contributed by atoms with Gasteiger partial charge in [-0.05, 0) is 25.5 Å². The number of halogens is 1. The van der Waals surface area contributed by atoms with E-state index in [4.69, 9.17) is 16.3 Å². The summed E-state index contributed by atoms with van der Waals surface area (Å²) in [6.45, 7) is 1.68. The van der Waals surface area contributed by atoms with Gasteiger partial charge in [0.1, 0.15) is 5.75 Å². The lowest BCUT2D eigenvalue weighted by atomic mass is 9.90. The molecule has 1 unspecified atom stereocenters. The van der Waals surface area contributed by atoms with Gasteiger partial charge in [0.15, 0.2) is 0 Å². The van der Waals surface area contributed by atoms with Gasteiger partial charge < -0.3 is 9.84 Å². The zero-order valence-corrected chi connectivity index (χ0v) is 13.2. The Hall–Kier alpha value is -1.31. The van der Waals surface area contributed by atoms with Crippen molar-refractivity contribution in [1.82, 2.24) is 4.31 Å². The second-order valence-electron chi connectivity index (χ2n) is 5.25. The van der Waals surface area contributed by atoms with Crippen molar-refractivity contribution in [3.63, 3.8) is 0 Å². The second-order valence-corrected chi connectivity index (χ2v) is 7.60. The summed E-state index contributed by atoms with van der Waals surface area (Å²) >= 11 is 5.88. The first kappa shape index (κ1) is 16.1. The van der Waals surface area contributed by atoms with Crippen LogP contribution in [0.5, 0.6) is 5.75 Å². The van der Waals surface area contributed by atoms with Crippen LogP contribution in [0.25, 0.3) is 0 Å². The minimum Gasteiger partial charge on any atom is -0.495 e. The molecule has 2 rings (SSSR count).